The number of halogens is 4. The second-order valence-electron chi connectivity index (χ2n) is 3.47. The van der Waals surface area contributed by atoms with Crippen molar-refractivity contribution in [3.63, 3.8) is 0 Å². The van der Waals surface area contributed by atoms with Crippen LogP contribution in [-0.4, -0.2) is 9.97 Å². The van der Waals surface area contributed by atoms with Gasteiger partial charge in [-0.3, -0.25) is 4.79 Å². The first-order chi connectivity index (χ1) is 8.39. The number of alkyl halides is 3. The minimum absolute atomic E-state index is 0.103. The van der Waals surface area contributed by atoms with Gasteiger partial charge in [0.1, 0.15) is 5.69 Å². The van der Waals surface area contributed by atoms with Crippen molar-refractivity contribution >= 4 is 0 Å². The Hall–Kier alpha value is -2.18. The first-order valence-corrected chi connectivity index (χ1v) is 4.80. The second-order valence-corrected chi connectivity index (χ2v) is 3.47. The van der Waals surface area contributed by atoms with Crippen LogP contribution in [0.25, 0.3) is 11.3 Å². The number of aromatic nitrogens is 2. The summed E-state index contributed by atoms with van der Waals surface area (Å²) in [6, 6.07) is 3.97. The number of nitrogens with zero attached hydrogens (tertiary/aromatic N) is 1. The summed E-state index contributed by atoms with van der Waals surface area (Å²) in [6.45, 7) is 0. The summed E-state index contributed by atoms with van der Waals surface area (Å²) in [5.41, 5.74) is -2.47. The van der Waals surface area contributed by atoms with Gasteiger partial charge in [0.25, 0.3) is 5.56 Å². The first kappa shape index (κ1) is 12.3. The fourth-order valence-electron chi connectivity index (χ4n) is 1.43. The molecule has 1 N–H and O–H groups in total. The Morgan fingerprint density at radius 2 is 1.94 bits per heavy atom. The zero-order valence-corrected chi connectivity index (χ0v) is 8.75. The molecule has 0 bridgehead atoms. The van der Waals surface area contributed by atoms with Crippen LogP contribution in [0.1, 0.15) is 5.56 Å². The number of rotatable bonds is 1. The monoisotopic (exact) mass is 258 g/mol. The molecule has 0 saturated heterocycles. The van der Waals surface area contributed by atoms with E-state index in [2.05, 4.69) is 4.98 Å². The number of aromatic amines is 1. The van der Waals surface area contributed by atoms with Crippen LogP contribution in [0.5, 0.6) is 0 Å². The molecule has 1 aromatic carbocycles. The molecule has 7 heteroatoms. The van der Waals surface area contributed by atoms with E-state index in [0.717, 1.165) is 24.5 Å². The van der Waals surface area contributed by atoms with Crippen molar-refractivity contribution in [2.45, 2.75) is 6.18 Å². The van der Waals surface area contributed by atoms with E-state index in [1.165, 1.54) is 6.07 Å². The van der Waals surface area contributed by atoms with Gasteiger partial charge < -0.3 is 4.98 Å². The van der Waals surface area contributed by atoms with Crippen LogP contribution >= 0.6 is 0 Å². The first-order valence-electron chi connectivity index (χ1n) is 4.80. The molecule has 0 aliphatic rings. The molecule has 2 aromatic rings. The van der Waals surface area contributed by atoms with Crippen molar-refractivity contribution in [2.75, 3.05) is 0 Å². The van der Waals surface area contributed by atoms with Crippen molar-refractivity contribution in [2.24, 2.45) is 0 Å². The van der Waals surface area contributed by atoms with E-state index in [1.807, 2.05) is 4.98 Å². The lowest BCUT2D eigenvalue weighted by Gasteiger charge is -2.08. The molecule has 0 aliphatic heterocycles. The fraction of sp³-hybridized carbons (Fsp3) is 0.0909. The summed E-state index contributed by atoms with van der Waals surface area (Å²) < 4.78 is 50.9. The Morgan fingerprint density at radius 3 is 2.61 bits per heavy atom. The van der Waals surface area contributed by atoms with Gasteiger partial charge in [0, 0.05) is 5.56 Å². The van der Waals surface area contributed by atoms with Crippen molar-refractivity contribution in [3.05, 3.63) is 52.3 Å². The number of hydrogen-bond acceptors (Lipinski definition) is 2. The maximum Gasteiger partial charge on any atom is 0.416 e. The van der Waals surface area contributed by atoms with E-state index in [-0.39, 0.29) is 5.56 Å². The van der Waals surface area contributed by atoms with Gasteiger partial charge in [-0.1, -0.05) is 12.1 Å². The molecule has 18 heavy (non-hydrogen) atoms. The van der Waals surface area contributed by atoms with Crippen LogP contribution in [0.4, 0.5) is 17.6 Å². The Bertz CT molecular complexity index is 633. The minimum Gasteiger partial charge on any atom is -0.311 e. The van der Waals surface area contributed by atoms with Gasteiger partial charge in [0.15, 0.2) is 0 Å². The smallest absolute Gasteiger partial charge is 0.311 e. The topological polar surface area (TPSA) is 45.8 Å². The summed E-state index contributed by atoms with van der Waals surface area (Å²) in [7, 11) is 0. The highest BCUT2D eigenvalue weighted by Crippen LogP contribution is 2.31. The highest BCUT2D eigenvalue weighted by molar-refractivity contribution is 5.60. The summed E-state index contributed by atoms with van der Waals surface area (Å²) in [6.07, 6.45) is -3.60. The second kappa shape index (κ2) is 4.25. The molecular formula is C11H6F4N2O. The molecule has 0 spiro atoms. The number of H-pyrrole nitrogens is 1. The lowest BCUT2D eigenvalue weighted by atomic mass is 10.1. The zero-order valence-electron chi connectivity index (χ0n) is 8.75. The average Bonchev–Trinajstić information content (AvgIpc) is 2.32. The quantitative estimate of drug-likeness (QED) is 0.799. The molecule has 1 heterocycles. The van der Waals surface area contributed by atoms with Crippen molar-refractivity contribution in [1.29, 1.82) is 0 Å². The predicted molar refractivity (Wildman–Crippen MR) is 55.3 cm³/mol. The fourth-order valence-corrected chi connectivity index (χ4v) is 1.43. The van der Waals surface area contributed by atoms with E-state index in [0.29, 0.717) is 0 Å². The molecule has 0 amide bonds. The molecule has 1 aromatic heterocycles. The molecule has 2 rings (SSSR count). The van der Waals surface area contributed by atoms with Gasteiger partial charge in [-0.05, 0) is 12.1 Å². The largest absolute Gasteiger partial charge is 0.416 e. The Kier molecular flexibility index (Phi) is 2.90. The van der Waals surface area contributed by atoms with Crippen LogP contribution in [-0.2, 0) is 6.18 Å². The SMILES string of the molecule is O=c1[nH]cnc(-c2cccc(C(F)(F)F)c2)c1F. The van der Waals surface area contributed by atoms with Crippen LogP contribution in [0, 0.1) is 5.82 Å². The lowest BCUT2D eigenvalue weighted by Crippen LogP contribution is -2.13. The molecule has 0 aliphatic carbocycles. The summed E-state index contributed by atoms with van der Waals surface area (Å²) in [5.74, 6) is -1.21. The third kappa shape index (κ3) is 2.24. The van der Waals surface area contributed by atoms with Crippen LogP contribution in [0.15, 0.2) is 35.4 Å². The van der Waals surface area contributed by atoms with Crippen LogP contribution < -0.4 is 5.56 Å². The van der Waals surface area contributed by atoms with Gasteiger partial charge in [-0.25, -0.2) is 4.98 Å². The van der Waals surface area contributed by atoms with E-state index in [9.17, 15) is 22.4 Å². The van der Waals surface area contributed by atoms with Crippen LogP contribution in [0.3, 0.4) is 0 Å². The molecule has 0 atom stereocenters. The maximum atomic E-state index is 13.4. The third-order valence-electron chi connectivity index (χ3n) is 2.26. The highest BCUT2D eigenvalue weighted by atomic mass is 19.4. The molecule has 0 unspecified atom stereocenters. The van der Waals surface area contributed by atoms with E-state index >= 15 is 0 Å². The maximum absolute atomic E-state index is 13.4. The van der Waals surface area contributed by atoms with Gasteiger partial charge in [-0.2, -0.15) is 17.6 Å². The number of hydrogen-bond donors (Lipinski definition) is 1. The van der Waals surface area contributed by atoms with Crippen molar-refractivity contribution in [3.8, 4) is 11.3 Å². The summed E-state index contributed by atoms with van der Waals surface area (Å²) >= 11 is 0. The van der Waals surface area contributed by atoms with Gasteiger partial charge in [0.2, 0.25) is 5.82 Å². The van der Waals surface area contributed by atoms with E-state index in [4.69, 9.17) is 0 Å². The van der Waals surface area contributed by atoms with Crippen molar-refractivity contribution in [1.82, 2.24) is 9.97 Å². The molecule has 0 fully saturated rings. The minimum atomic E-state index is -4.53. The lowest BCUT2D eigenvalue weighted by molar-refractivity contribution is -0.137. The predicted octanol–water partition coefficient (Wildman–Crippen LogP) is 2.59. The van der Waals surface area contributed by atoms with E-state index in [1.54, 1.807) is 0 Å². The number of benzene rings is 1. The molecule has 94 valence electrons. The summed E-state index contributed by atoms with van der Waals surface area (Å²) in [4.78, 5) is 16.5. The molecular weight excluding hydrogens is 252 g/mol. The van der Waals surface area contributed by atoms with Gasteiger partial charge in [-0.15, -0.1) is 0 Å². The van der Waals surface area contributed by atoms with Gasteiger partial charge >= 0.3 is 6.18 Å². The Labute approximate surface area is 98.1 Å². The summed E-state index contributed by atoms with van der Waals surface area (Å²) in [5, 5.41) is 0. The zero-order chi connectivity index (χ0) is 13.3. The molecule has 0 saturated carbocycles. The molecule has 0 radical (unpaired) electrons. The standard InChI is InChI=1S/C11H6F4N2O/c12-8-9(16-5-17-10(8)18)6-2-1-3-7(4-6)11(13,14)15/h1-5H,(H,16,17,18). The highest BCUT2D eigenvalue weighted by Gasteiger charge is 2.30. The third-order valence-corrected chi connectivity index (χ3v) is 2.26. The van der Waals surface area contributed by atoms with Crippen LogP contribution in [0.2, 0.25) is 0 Å². The average molecular weight is 258 g/mol. The van der Waals surface area contributed by atoms with E-state index < -0.39 is 28.8 Å². The normalized spacial score (nSPS) is 11.6. The molecule has 3 nitrogen and oxygen atoms in total. The Morgan fingerprint density at radius 1 is 1.22 bits per heavy atom. The number of nitrogens with one attached hydrogen (secondary N) is 1. The Balaban J connectivity index is 2.59. The van der Waals surface area contributed by atoms with Gasteiger partial charge in [0.05, 0.1) is 11.9 Å². The van der Waals surface area contributed by atoms with Crippen molar-refractivity contribution < 1.29 is 17.6 Å².